The molecular formula is C43H43F7N6O2S. The Morgan fingerprint density at radius 1 is 0.915 bits per heavy atom. The standard InChI is InChI=1S/C36H36F2N6O.C7H7F5OS/c1-2-23-25(37)13-11-21-7-3-8-24(29(21)23)32-31(38)33-30-27(40-32)9-4-10-28-26-14-12-22(39-26)19-44(28)34(30)42-35(41-33)45-20-36-15-5-17-43(36)18-6-16-36;1-13-6-3-2-4-7(5-6)14(8,9,10,11)12/h1,3,7-8,11,13,22,26,28,39H,4-6,9-10,12,14-20H2;2-5H,1H3/t22?,26?,28-;/m1./s1. The first-order valence-electron chi connectivity index (χ1n) is 19.9. The van der Waals surface area contributed by atoms with Crippen LogP contribution in [0.5, 0.6) is 11.8 Å². The van der Waals surface area contributed by atoms with Crippen LogP contribution < -0.4 is 19.7 Å². The van der Waals surface area contributed by atoms with Crippen LogP contribution in [0.4, 0.5) is 34.0 Å². The van der Waals surface area contributed by atoms with Gasteiger partial charge in [0.15, 0.2) is 5.82 Å². The first-order valence-corrected chi connectivity index (χ1v) is 21.9. The minimum atomic E-state index is -9.56. The largest absolute Gasteiger partial charge is 0.497 e. The number of anilines is 1. The Labute approximate surface area is 337 Å². The van der Waals surface area contributed by atoms with E-state index < -0.39 is 26.8 Å². The molecule has 0 amide bonds. The third-order valence-corrected chi connectivity index (χ3v) is 13.9. The number of ether oxygens (including phenoxy) is 2. The van der Waals surface area contributed by atoms with Crippen molar-refractivity contribution < 1.29 is 37.7 Å². The van der Waals surface area contributed by atoms with Gasteiger partial charge in [-0.1, -0.05) is 55.7 Å². The highest BCUT2D eigenvalue weighted by Crippen LogP contribution is 3.02. The van der Waals surface area contributed by atoms with Gasteiger partial charge in [0.25, 0.3) is 0 Å². The zero-order chi connectivity index (χ0) is 41.4. The summed E-state index contributed by atoms with van der Waals surface area (Å²) >= 11 is 0. The number of nitrogens with zero attached hydrogens (tertiary/aromatic N) is 5. The third kappa shape index (κ3) is 7.18. The minimum absolute atomic E-state index is 0.00632. The predicted octanol–water partition coefficient (Wildman–Crippen LogP) is 10.1. The summed E-state index contributed by atoms with van der Waals surface area (Å²) in [6.07, 6.45) is 15.1. The van der Waals surface area contributed by atoms with Gasteiger partial charge in [-0.3, -0.25) is 4.90 Å². The number of terminal acetylenes is 1. The van der Waals surface area contributed by atoms with E-state index in [9.17, 15) is 23.8 Å². The lowest BCUT2D eigenvalue weighted by Gasteiger charge is -2.43. The van der Waals surface area contributed by atoms with Crippen molar-refractivity contribution in [2.45, 2.75) is 86.3 Å². The quantitative estimate of drug-likeness (QED) is 0.134. The van der Waals surface area contributed by atoms with E-state index in [1.165, 1.54) is 6.07 Å². The lowest BCUT2D eigenvalue weighted by atomic mass is 9.93. The molecule has 5 aromatic rings. The number of rotatable bonds is 6. The molecule has 1 N–H and O–H groups in total. The second-order valence-corrected chi connectivity index (χ2v) is 18.7. The van der Waals surface area contributed by atoms with Crippen molar-refractivity contribution in [3.05, 3.63) is 77.5 Å². The Bertz CT molecular complexity index is 2530. The maximum Gasteiger partial charge on any atom is 0.319 e. The van der Waals surface area contributed by atoms with Crippen LogP contribution in [0, 0.1) is 24.0 Å². The van der Waals surface area contributed by atoms with Gasteiger partial charge in [-0.15, -0.1) is 6.42 Å². The number of halogens is 7. The van der Waals surface area contributed by atoms with Crippen molar-refractivity contribution >= 4 is 37.7 Å². The molecule has 2 bridgehead atoms. The Kier molecular flexibility index (Phi) is 9.30. The first-order chi connectivity index (χ1) is 28.1. The molecule has 0 spiro atoms. The van der Waals surface area contributed by atoms with Crippen molar-refractivity contribution in [3.8, 4) is 35.4 Å². The Morgan fingerprint density at radius 3 is 2.44 bits per heavy atom. The van der Waals surface area contributed by atoms with E-state index in [-0.39, 0.29) is 46.2 Å². The highest BCUT2D eigenvalue weighted by atomic mass is 32.5. The number of benzene rings is 3. The van der Waals surface area contributed by atoms with Gasteiger partial charge in [-0.2, -0.15) is 9.97 Å². The fourth-order valence-corrected chi connectivity index (χ4v) is 10.7. The highest BCUT2D eigenvalue weighted by molar-refractivity contribution is 8.45. The second kappa shape index (κ2) is 13.9. The molecule has 4 fully saturated rings. The number of hydrogen-bond donors (Lipinski definition) is 1. The van der Waals surface area contributed by atoms with E-state index in [1.807, 2.05) is 12.1 Å². The van der Waals surface area contributed by atoms with Crippen LogP contribution in [0.1, 0.15) is 62.6 Å². The molecule has 16 heteroatoms. The summed E-state index contributed by atoms with van der Waals surface area (Å²) in [6.45, 7) is 3.49. The molecule has 59 heavy (non-hydrogen) atoms. The summed E-state index contributed by atoms with van der Waals surface area (Å²) in [7, 11) is -8.46. The number of aryl methyl sites for hydroxylation is 1. The number of aromatic nitrogens is 3. The normalized spacial score (nSPS) is 23.2. The van der Waals surface area contributed by atoms with E-state index in [0.717, 1.165) is 107 Å². The number of pyridine rings is 1. The third-order valence-electron chi connectivity index (χ3n) is 12.7. The summed E-state index contributed by atoms with van der Waals surface area (Å²) in [5.41, 5.74) is 1.69. The number of hydrogen-bond acceptors (Lipinski definition) is 8. The molecule has 2 aromatic heterocycles. The van der Waals surface area contributed by atoms with Crippen LogP contribution in [0.3, 0.4) is 0 Å². The molecule has 3 atom stereocenters. The van der Waals surface area contributed by atoms with Crippen LogP contribution in [-0.2, 0) is 6.42 Å². The van der Waals surface area contributed by atoms with Gasteiger partial charge in [-0.25, -0.2) is 13.8 Å². The van der Waals surface area contributed by atoms with Gasteiger partial charge in [0.1, 0.15) is 40.1 Å². The lowest BCUT2D eigenvalue weighted by Crippen LogP contribution is -2.58. The first kappa shape index (κ1) is 39.6. The number of fused-ring (bicyclic) bond motifs is 7. The maximum absolute atomic E-state index is 17.1. The maximum atomic E-state index is 17.1. The molecule has 7 heterocycles. The molecule has 10 rings (SSSR count). The SMILES string of the molecule is C#Cc1c(F)ccc2cccc(-c3nc4c5c(nc(OCC67CCCN6CCC7)nc5c3F)N3CC5CCC(N5)[C@H]3CCC4)c12.COc1cccc(S(F)(F)(F)(F)F)c1. The van der Waals surface area contributed by atoms with Gasteiger partial charge in [0.2, 0.25) is 0 Å². The van der Waals surface area contributed by atoms with Crippen LogP contribution in [-0.4, -0.2) is 76.9 Å². The van der Waals surface area contributed by atoms with E-state index in [1.54, 1.807) is 12.1 Å². The van der Waals surface area contributed by atoms with Gasteiger partial charge >= 0.3 is 16.2 Å². The zero-order valence-electron chi connectivity index (χ0n) is 32.3. The smallest absolute Gasteiger partial charge is 0.319 e. The fourth-order valence-electron chi connectivity index (χ4n) is 10.00. The molecular weight excluding hydrogens is 798 g/mol. The van der Waals surface area contributed by atoms with E-state index in [4.69, 9.17) is 26.1 Å². The topological polar surface area (TPSA) is 75.6 Å². The Morgan fingerprint density at radius 2 is 1.69 bits per heavy atom. The Hall–Kier alpha value is -4.85. The van der Waals surface area contributed by atoms with E-state index >= 15 is 4.39 Å². The second-order valence-electron chi connectivity index (χ2n) is 16.3. The fraction of sp³-hybridized carbons (Fsp3) is 0.419. The van der Waals surface area contributed by atoms with Crippen molar-refractivity contribution in [3.63, 3.8) is 0 Å². The summed E-state index contributed by atoms with van der Waals surface area (Å²) in [5.74, 6) is 1.90. The molecule has 0 saturated carbocycles. The number of piperazine rings is 1. The van der Waals surface area contributed by atoms with Crippen LogP contribution in [0.2, 0.25) is 0 Å². The monoisotopic (exact) mass is 840 g/mol. The average Bonchev–Trinajstić information content (AvgIpc) is 3.92. The molecule has 5 aliphatic rings. The molecule has 4 saturated heterocycles. The predicted molar refractivity (Wildman–Crippen MR) is 215 cm³/mol. The molecule has 0 radical (unpaired) electrons. The van der Waals surface area contributed by atoms with Crippen molar-refractivity contribution in [2.24, 2.45) is 0 Å². The van der Waals surface area contributed by atoms with E-state index in [2.05, 4.69) is 25.8 Å². The molecule has 312 valence electrons. The Balaban J connectivity index is 0.000000274. The molecule has 5 aliphatic heterocycles. The summed E-state index contributed by atoms with van der Waals surface area (Å²) in [5, 5.41) is 5.69. The van der Waals surface area contributed by atoms with Crippen molar-refractivity contribution in [1.82, 2.24) is 25.2 Å². The molecule has 8 nitrogen and oxygen atoms in total. The van der Waals surface area contributed by atoms with E-state index in [0.29, 0.717) is 47.5 Å². The van der Waals surface area contributed by atoms with Gasteiger partial charge in [0.05, 0.1) is 29.3 Å². The van der Waals surface area contributed by atoms with Gasteiger partial charge in [0, 0.05) is 41.7 Å². The minimum Gasteiger partial charge on any atom is -0.497 e. The summed E-state index contributed by atoms with van der Waals surface area (Å²) in [4.78, 5) is 17.9. The average molecular weight is 841 g/mol. The highest BCUT2D eigenvalue weighted by Gasteiger charge is 2.65. The molecule has 3 aromatic carbocycles. The lowest BCUT2D eigenvalue weighted by molar-refractivity contribution is 0.108. The zero-order valence-corrected chi connectivity index (χ0v) is 33.1. The van der Waals surface area contributed by atoms with Gasteiger partial charge in [-0.05, 0) is 94.5 Å². The number of nitrogens with one attached hydrogen (secondary N) is 1. The summed E-state index contributed by atoms with van der Waals surface area (Å²) in [6, 6.07) is 12.4. The van der Waals surface area contributed by atoms with Crippen molar-refractivity contribution in [2.75, 3.05) is 38.3 Å². The molecule has 2 unspecified atom stereocenters. The number of methoxy groups -OCH3 is 1. The summed E-state index contributed by atoms with van der Waals surface area (Å²) < 4.78 is 104. The van der Waals surface area contributed by atoms with Gasteiger partial charge < -0.3 is 19.7 Å². The molecule has 0 aliphatic carbocycles. The van der Waals surface area contributed by atoms with Crippen LogP contribution in [0.25, 0.3) is 32.9 Å². The van der Waals surface area contributed by atoms with Crippen molar-refractivity contribution in [1.29, 1.82) is 0 Å². The van der Waals surface area contributed by atoms with Crippen LogP contribution >= 0.6 is 10.2 Å². The van der Waals surface area contributed by atoms with Crippen LogP contribution in [0.15, 0.2) is 59.5 Å².